The van der Waals surface area contributed by atoms with Gasteiger partial charge in [0.1, 0.15) is 21.5 Å². The van der Waals surface area contributed by atoms with Crippen LogP contribution in [0.3, 0.4) is 0 Å². The zero-order valence-corrected chi connectivity index (χ0v) is 10.6. The molecule has 90 valence electrons. The number of aromatic nitrogens is 1. The van der Waals surface area contributed by atoms with E-state index in [-0.39, 0.29) is 5.75 Å². The first-order valence-electron chi connectivity index (χ1n) is 4.96. The Hall–Kier alpha value is -1.30. The van der Waals surface area contributed by atoms with Crippen LogP contribution in [0.4, 0.5) is 11.6 Å². The van der Waals surface area contributed by atoms with Gasteiger partial charge in [-0.05, 0) is 12.1 Å². The van der Waals surface area contributed by atoms with E-state index in [0.717, 1.165) is 11.6 Å². The molecule has 0 bridgehead atoms. The van der Waals surface area contributed by atoms with Crippen molar-refractivity contribution in [3.05, 3.63) is 18.2 Å². The Kier molecular flexibility index (Phi) is 4.12. The van der Waals surface area contributed by atoms with E-state index in [4.69, 9.17) is 0 Å². The molecule has 0 aliphatic heterocycles. The van der Waals surface area contributed by atoms with Gasteiger partial charge in [0.2, 0.25) is 0 Å². The molecule has 0 fully saturated rings. The molecule has 0 saturated carbocycles. The highest BCUT2D eigenvalue weighted by Crippen LogP contribution is 2.12. The van der Waals surface area contributed by atoms with E-state index in [1.807, 2.05) is 30.1 Å². The normalized spacial score (nSPS) is 11.2. The first-order chi connectivity index (χ1) is 7.42. The molecule has 1 N–H and O–H groups in total. The van der Waals surface area contributed by atoms with Crippen LogP contribution in [0.15, 0.2) is 18.2 Å². The van der Waals surface area contributed by atoms with E-state index < -0.39 is 9.84 Å². The van der Waals surface area contributed by atoms with Crippen molar-refractivity contribution in [2.24, 2.45) is 0 Å². The molecule has 1 aromatic heterocycles. The fourth-order valence-corrected chi connectivity index (χ4v) is 1.80. The molecule has 5 nitrogen and oxygen atoms in total. The quantitative estimate of drug-likeness (QED) is 0.820. The van der Waals surface area contributed by atoms with Crippen molar-refractivity contribution in [2.45, 2.75) is 0 Å². The Balaban J connectivity index is 2.69. The average Bonchev–Trinajstić information content (AvgIpc) is 2.25. The van der Waals surface area contributed by atoms with Crippen molar-refractivity contribution >= 4 is 21.5 Å². The lowest BCUT2D eigenvalue weighted by molar-refractivity contribution is 0.601. The van der Waals surface area contributed by atoms with Crippen molar-refractivity contribution in [3.63, 3.8) is 0 Å². The molecule has 0 saturated heterocycles. The highest BCUT2D eigenvalue weighted by molar-refractivity contribution is 7.90. The highest BCUT2D eigenvalue weighted by atomic mass is 32.2. The van der Waals surface area contributed by atoms with Gasteiger partial charge in [-0.1, -0.05) is 6.07 Å². The average molecular weight is 243 g/mol. The molecule has 0 unspecified atom stereocenters. The molecular formula is C10H17N3O2S. The van der Waals surface area contributed by atoms with Crippen molar-refractivity contribution in [1.82, 2.24) is 4.98 Å². The van der Waals surface area contributed by atoms with Crippen LogP contribution in [-0.2, 0) is 9.84 Å². The van der Waals surface area contributed by atoms with Gasteiger partial charge in [0.15, 0.2) is 0 Å². The maximum Gasteiger partial charge on any atom is 0.149 e. The van der Waals surface area contributed by atoms with Gasteiger partial charge in [0, 0.05) is 26.9 Å². The van der Waals surface area contributed by atoms with Crippen LogP contribution in [-0.4, -0.2) is 46.1 Å². The summed E-state index contributed by atoms with van der Waals surface area (Å²) in [6.07, 6.45) is 1.23. The smallest absolute Gasteiger partial charge is 0.149 e. The Morgan fingerprint density at radius 2 is 2.12 bits per heavy atom. The zero-order chi connectivity index (χ0) is 12.2. The molecule has 0 spiro atoms. The summed E-state index contributed by atoms with van der Waals surface area (Å²) in [6.45, 7) is 0.443. The summed E-state index contributed by atoms with van der Waals surface area (Å²) in [7, 11) is 0.693. The molecule has 1 aromatic rings. The zero-order valence-electron chi connectivity index (χ0n) is 9.77. The van der Waals surface area contributed by atoms with Crippen molar-refractivity contribution < 1.29 is 8.42 Å². The van der Waals surface area contributed by atoms with Gasteiger partial charge in [-0.25, -0.2) is 13.4 Å². The van der Waals surface area contributed by atoms with Crippen LogP contribution in [0.25, 0.3) is 0 Å². The third-order valence-electron chi connectivity index (χ3n) is 2.18. The number of nitrogens with one attached hydrogen (secondary N) is 1. The molecule has 0 amide bonds. The summed E-state index contributed by atoms with van der Waals surface area (Å²) >= 11 is 0. The summed E-state index contributed by atoms with van der Waals surface area (Å²) in [5.74, 6) is 1.66. The number of pyridine rings is 1. The lowest BCUT2D eigenvalue weighted by atomic mass is 10.4. The lowest BCUT2D eigenvalue weighted by Gasteiger charge is -2.18. The summed E-state index contributed by atoms with van der Waals surface area (Å²) in [4.78, 5) is 6.13. The molecule has 16 heavy (non-hydrogen) atoms. The first-order valence-corrected chi connectivity index (χ1v) is 7.02. The second-order valence-corrected chi connectivity index (χ2v) is 5.94. The molecule has 0 radical (unpaired) electrons. The van der Waals surface area contributed by atoms with E-state index in [9.17, 15) is 8.42 Å². The Labute approximate surface area is 96.4 Å². The Bertz CT molecular complexity index is 445. The van der Waals surface area contributed by atoms with Gasteiger partial charge >= 0.3 is 0 Å². The lowest BCUT2D eigenvalue weighted by Crippen LogP contribution is -2.25. The second kappa shape index (κ2) is 5.16. The molecule has 0 aliphatic rings. The van der Waals surface area contributed by atoms with Crippen LogP contribution in [0.2, 0.25) is 0 Å². The van der Waals surface area contributed by atoms with Crippen LogP contribution in [0.1, 0.15) is 0 Å². The van der Waals surface area contributed by atoms with Crippen molar-refractivity contribution in [3.8, 4) is 0 Å². The number of sulfone groups is 1. The van der Waals surface area contributed by atoms with Crippen LogP contribution in [0, 0.1) is 0 Å². The third-order valence-corrected chi connectivity index (χ3v) is 3.10. The van der Waals surface area contributed by atoms with Gasteiger partial charge in [-0.2, -0.15) is 0 Å². The highest BCUT2D eigenvalue weighted by Gasteiger charge is 2.07. The summed E-state index contributed by atoms with van der Waals surface area (Å²) < 4.78 is 22.1. The number of nitrogens with zero attached hydrogens (tertiary/aromatic N) is 2. The molecule has 6 heteroatoms. The van der Waals surface area contributed by atoms with E-state index in [1.54, 1.807) is 7.05 Å². The van der Waals surface area contributed by atoms with Gasteiger partial charge in [-0.15, -0.1) is 0 Å². The van der Waals surface area contributed by atoms with E-state index >= 15 is 0 Å². The van der Waals surface area contributed by atoms with Gasteiger partial charge in [0.05, 0.1) is 5.75 Å². The first kappa shape index (κ1) is 12.8. The van der Waals surface area contributed by atoms with Gasteiger partial charge < -0.3 is 10.2 Å². The summed E-state index contributed by atoms with van der Waals surface area (Å²) in [5.41, 5.74) is 0. The fraction of sp³-hybridized carbons (Fsp3) is 0.500. The van der Waals surface area contributed by atoms with E-state index in [1.165, 1.54) is 6.26 Å². The van der Waals surface area contributed by atoms with Gasteiger partial charge in [0.25, 0.3) is 0 Å². The van der Waals surface area contributed by atoms with Crippen LogP contribution in [0.5, 0.6) is 0 Å². The maximum atomic E-state index is 11.0. The predicted octanol–water partition coefficient (Wildman–Crippen LogP) is 0.604. The van der Waals surface area contributed by atoms with Crippen molar-refractivity contribution in [2.75, 3.05) is 42.9 Å². The van der Waals surface area contributed by atoms with E-state index in [0.29, 0.717) is 6.54 Å². The molecular weight excluding hydrogens is 226 g/mol. The Morgan fingerprint density at radius 3 is 2.69 bits per heavy atom. The topological polar surface area (TPSA) is 62.3 Å². The number of hydrogen-bond donors (Lipinski definition) is 1. The molecule has 0 aromatic carbocycles. The molecule has 0 aliphatic carbocycles. The van der Waals surface area contributed by atoms with E-state index in [2.05, 4.69) is 10.3 Å². The largest absolute Gasteiger partial charge is 0.373 e. The standard InChI is InChI=1S/C10H17N3O2S/c1-11-9-5-4-6-10(12-9)13(2)7-8-16(3,14)15/h4-6H,7-8H2,1-3H3,(H,11,12). The number of hydrogen-bond acceptors (Lipinski definition) is 5. The molecule has 1 heterocycles. The minimum absolute atomic E-state index is 0.134. The number of anilines is 2. The third kappa shape index (κ3) is 4.06. The minimum atomic E-state index is -2.93. The van der Waals surface area contributed by atoms with Crippen molar-refractivity contribution in [1.29, 1.82) is 0 Å². The SMILES string of the molecule is CNc1cccc(N(C)CCS(C)(=O)=O)n1. The van der Waals surface area contributed by atoms with Gasteiger partial charge in [-0.3, -0.25) is 0 Å². The number of rotatable bonds is 5. The maximum absolute atomic E-state index is 11.0. The monoisotopic (exact) mass is 243 g/mol. The fourth-order valence-electron chi connectivity index (χ4n) is 1.19. The summed E-state index contributed by atoms with van der Waals surface area (Å²) in [6, 6.07) is 5.59. The predicted molar refractivity (Wildman–Crippen MR) is 66.8 cm³/mol. The summed E-state index contributed by atoms with van der Waals surface area (Å²) in [5, 5.41) is 2.94. The minimum Gasteiger partial charge on any atom is -0.373 e. The molecule has 0 atom stereocenters. The molecule has 1 rings (SSSR count). The second-order valence-electron chi connectivity index (χ2n) is 3.68. The Morgan fingerprint density at radius 1 is 1.44 bits per heavy atom. The van der Waals surface area contributed by atoms with Crippen LogP contribution < -0.4 is 10.2 Å². The van der Waals surface area contributed by atoms with Crippen LogP contribution >= 0.6 is 0 Å².